The van der Waals surface area contributed by atoms with Crippen molar-refractivity contribution < 1.29 is 14.3 Å². The minimum absolute atomic E-state index is 0.0741. The first kappa shape index (κ1) is 20.2. The molecule has 0 aliphatic rings. The summed E-state index contributed by atoms with van der Waals surface area (Å²) in [6, 6.07) is 7.17. The van der Waals surface area contributed by atoms with Gasteiger partial charge in [0.2, 0.25) is 5.91 Å². The fourth-order valence-corrected chi connectivity index (χ4v) is 2.80. The maximum absolute atomic E-state index is 12.1. The smallest absolute Gasteiger partial charge is 0.270 e. The van der Waals surface area contributed by atoms with Crippen molar-refractivity contribution in [1.82, 2.24) is 15.6 Å². The summed E-state index contributed by atoms with van der Waals surface area (Å²) in [6.07, 6.45) is 1.12. The number of nitrogens with one attached hydrogen (secondary N) is 2. The molecule has 0 saturated carbocycles. The zero-order valence-corrected chi connectivity index (χ0v) is 16.3. The zero-order valence-electron chi connectivity index (χ0n) is 14.8. The van der Waals surface area contributed by atoms with Crippen LogP contribution in [0.4, 0.5) is 0 Å². The molecule has 140 valence electrons. The van der Waals surface area contributed by atoms with E-state index in [9.17, 15) is 9.59 Å². The van der Waals surface area contributed by atoms with E-state index in [1.54, 1.807) is 29.6 Å². The lowest BCUT2D eigenvalue weighted by Crippen LogP contribution is -2.35. The molecule has 0 bridgehead atoms. The van der Waals surface area contributed by atoms with Crippen LogP contribution >= 0.6 is 22.9 Å². The van der Waals surface area contributed by atoms with Gasteiger partial charge < -0.3 is 15.4 Å². The molecular formula is C18H22ClN3O3S. The largest absolute Gasteiger partial charge is 0.486 e. The molecular weight excluding hydrogens is 374 g/mol. The summed E-state index contributed by atoms with van der Waals surface area (Å²) in [5.74, 6) is 0.313. The number of benzene rings is 1. The molecule has 0 aliphatic heterocycles. The van der Waals surface area contributed by atoms with Crippen molar-refractivity contribution in [2.75, 3.05) is 6.54 Å². The average Bonchev–Trinajstić information content (AvgIpc) is 3.10. The van der Waals surface area contributed by atoms with Gasteiger partial charge in [-0.05, 0) is 37.6 Å². The van der Waals surface area contributed by atoms with E-state index in [1.165, 1.54) is 11.3 Å². The molecule has 2 amide bonds. The molecule has 2 aromatic rings. The molecule has 0 aliphatic carbocycles. The van der Waals surface area contributed by atoms with Crippen LogP contribution in [0.25, 0.3) is 0 Å². The normalized spacial score (nSPS) is 11.7. The number of amides is 2. The summed E-state index contributed by atoms with van der Waals surface area (Å²) in [4.78, 5) is 28.0. The molecule has 0 radical (unpaired) electrons. The summed E-state index contributed by atoms with van der Waals surface area (Å²) >= 11 is 7.17. The van der Waals surface area contributed by atoms with E-state index < -0.39 is 0 Å². The van der Waals surface area contributed by atoms with Gasteiger partial charge in [0.15, 0.2) is 0 Å². The number of aromatic nitrogens is 1. The Balaban J connectivity index is 1.74. The molecule has 0 saturated heterocycles. The third kappa shape index (κ3) is 6.65. The Bertz CT molecular complexity index is 734. The Morgan fingerprint density at radius 2 is 2.04 bits per heavy atom. The van der Waals surface area contributed by atoms with Gasteiger partial charge in [0.25, 0.3) is 5.91 Å². The van der Waals surface area contributed by atoms with Gasteiger partial charge in [-0.3, -0.25) is 9.59 Å². The van der Waals surface area contributed by atoms with Crippen LogP contribution in [-0.4, -0.2) is 29.4 Å². The van der Waals surface area contributed by atoms with Gasteiger partial charge in [-0.1, -0.05) is 18.5 Å². The number of thiazole rings is 1. The van der Waals surface area contributed by atoms with Gasteiger partial charge in [0.1, 0.15) is 23.1 Å². The molecule has 1 aromatic carbocycles. The van der Waals surface area contributed by atoms with E-state index in [4.69, 9.17) is 16.3 Å². The first-order valence-electron chi connectivity index (χ1n) is 8.38. The highest BCUT2D eigenvalue weighted by molar-refractivity contribution is 7.09. The van der Waals surface area contributed by atoms with Gasteiger partial charge in [0, 0.05) is 29.4 Å². The number of ether oxygens (including phenoxy) is 1. The van der Waals surface area contributed by atoms with E-state index in [0.717, 1.165) is 6.42 Å². The fourth-order valence-electron chi connectivity index (χ4n) is 1.99. The third-order valence-electron chi connectivity index (χ3n) is 3.62. The quantitative estimate of drug-likeness (QED) is 0.681. The van der Waals surface area contributed by atoms with Gasteiger partial charge in [-0.25, -0.2) is 4.98 Å². The molecule has 0 spiro atoms. The molecule has 1 heterocycles. The minimum Gasteiger partial charge on any atom is -0.486 e. The minimum atomic E-state index is -0.296. The van der Waals surface area contributed by atoms with Crippen LogP contribution < -0.4 is 15.4 Å². The van der Waals surface area contributed by atoms with Crippen LogP contribution in [-0.2, 0) is 11.4 Å². The SMILES string of the molecule is CCC(C)NC(=O)CCNC(=O)c1csc(COc2ccc(Cl)cc2)n1. The van der Waals surface area contributed by atoms with Gasteiger partial charge in [0.05, 0.1) is 0 Å². The Morgan fingerprint density at radius 3 is 2.73 bits per heavy atom. The molecule has 8 heteroatoms. The molecule has 2 N–H and O–H groups in total. The molecule has 1 aromatic heterocycles. The van der Waals surface area contributed by atoms with Crippen LogP contribution in [0.15, 0.2) is 29.6 Å². The lowest BCUT2D eigenvalue weighted by molar-refractivity contribution is -0.121. The summed E-state index contributed by atoms with van der Waals surface area (Å²) in [5, 5.41) is 8.57. The molecule has 1 atom stereocenters. The predicted octanol–water partition coefficient (Wildman–Crippen LogP) is 3.41. The first-order valence-corrected chi connectivity index (χ1v) is 9.64. The lowest BCUT2D eigenvalue weighted by Gasteiger charge is -2.11. The lowest BCUT2D eigenvalue weighted by atomic mass is 10.2. The van der Waals surface area contributed by atoms with E-state index in [0.29, 0.717) is 21.5 Å². The molecule has 1 unspecified atom stereocenters. The number of hydrogen-bond donors (Lipinski definition) is 2. The Morgan fingerprint density at radius 1 is 1.31 bits per heavy atom. The molecule has 2 rings (SSSR count). The van der Waals surface area contributed by atoms with Gasteiger partial charge in [-0.15, -0.1) is 11.3 Å². The van der Waals surface area contributed by atoms with Gasteiger partial charge >= 0.3 is 0 Å². The number of hydrogen-bond acceptors (Lipinski definition) is 5. The van der Waals surface area contributed by atoms with E-state index in [-0.39, 0.29) is 37.4 Å². The van der Waals surface area contributed by atoms with Crippen molar-refractivity contribution in [3.8, 4) is 5.75 Å². The van der Waals surface area contributed by atoms with Crippen molar-refractivity contribution in [2.24, 2.45) is 0 Å². The van der Waals surface area contributed by atoms with Crippen LogP contribution in [0.1, 0.15) is 42.2 Å². The second-order valence-electron chi connectivity index (χ2n) is 5.75. The summed E-state index contributed by atoms with van der Waals surface area (Å²) in [7, 11) is 0. The number of nitrogens with zero attached hydrogens (tertiary/aromatic N) is 1. The number of carbonyl (C=O) groups is 2. The van der Waals surface area contributed by atoms with E-state index in [1.807, 2.05) is 13.8 Å². The molecule has 0 fully saturated rings. The molecule has 6 nitrogen and oxygen atoms in total. The fraction of sp³-hybridized carbons (Fsp3) is 0.389. The third-order valence-corrected chi connectivity index (χ3v) is 4.69. The van der Waals surface area contributed by atoms with Crippen LogP contribution in [0.3, 0.4) is 0 Å². The summed E-state index contributed by atoms with van der Waals surface area (Å²) < 4.78 is 5.60. The summed E-state index contributed by atoms with van der Waals surface area (Å²) in [5.41, 5.74) is 0.326. The Hall–Kier alpha value is -2.12. The highest BCUT2D eigenvalue weighted by atomic mass is 35.5. The average molecular weight is 396 g/mol. The second kappa shape index (κ2) is 10.1. The topological polar surface area (TPSA) is 80.3 Å². The highest BCUT2D eigenvalue weighted by Crippen LogP contribution is 2.18. The van der Waals surface area contributed by atoms with Crippen LogP contribution in [0.5, 0.6) is 5.75 Å². The monoisotopic (exact) mass is 395 g/mol. The van der Waals surface area contributed by atoms with Crippen LogP contribution in [0, 0.1) is 0 Å². The van der Waals surface area contributed by atoms with Gasteiger partial charge in [-0.2, -0.15) is 0 Å². The first-order chi connectivity index (χ1) is 12.5. The number of halogens is 1. The predicted molar refractivity (Wildman–Crippen MR) is 103 cm³/mol. The number of rotatable bonds is 9. The highest BCUT2D eigenvalue weighted by Gasteiger charge is 2.12. The maximum atomic E-state index is 12.1. The van der Waals surface area contributed by atoms with Crippen molar-refractivity contribution in [1.29, 1.82) is 0 Å². The van der Waals surface area contributed by atoms with E-state index >= 15 is 0 Å². The van der Waals surface area contributed by atoms with Crippen molar-refractivity contribution in [3.05, 3.63) is 45.4 Å². The maximum Gasteiger partial charge on any atom is 0.270 e. The van der Waals surface area contributed by atoms with Crippen molar-refractivity contribution in [2.45, 2.75) is 39.3 Å². The Kier molecular flexibility index (Phi) is 7.87. The van der Waals surface area contributed by atoms with Crippen LogP contribution in [0.2, 0.25) is 5.02 Å². The Labute approximate surface area is 161 Å². The van der Waals surface area contributed by atoms with Crippen molar-refractivity contribution >= 4 is 34.8 Å². The van der Waals surface area contributed by atoms with Crippen molar-refractivity contribution in [3.63, 3.8) is 0 Å². The zero-order chi connectivity index (χ0) is 18.9. The number of carbonyl (C=O) groups excluding carboxylic acids is 2. The van der Waals surface area contributed by atoms with E-state index in [2.05, 4.69) is 15.6 Å². The standard InChI is InChI=1S/C18H22ClN3O3S/c1-3-12(2)21-16(23)8-9-20-18(24)15-11-26-17(22-15)10-25-14-6-4-13(19)5-7-14/h4-7,11-12H,3,8-10H2,1-2H3,(H,20,24)(H,21,23). The molecule has 26 heavy (non-hydrogen) atoms. The summed E-state index contributed by atoms with van der Waals surface area (Å²) in [6.45, 7) is 4.49. The second-order valence-corrected chi connectivity index (χ2v) is 7.13.